The molecular weight excluding hydrogens is 274 g/mol. The molecule has 0 unspecified atom stereocenters. The zero-order valence-electron chi connectivity index (χ0n) is 9.67. The van der Waals surface area contributed by atoms with Crippen molar-refractivity contribution in [3.8, 4) is 5.69 Å². The topological polar surface area (TPSA) is 64.0 Å². The van der Waals surface area contributed by atoms with E-state index in [0.29, 0.717) is 17.3 Å². The van der Waals surface area contributed by atoms with Gasteiger partial charge in [0, 0.05) is 11.6 Å². The fourth-order valence-electron chi connectivity index (χ4n) is 1.53. The quantitative estimate of drug-likeness (QED) is 0.932. The lowest BCUT2D eigenvalue weighted by Gasteiger charge is -2.08. The summed E-state index contributed by atoms with van der Waals surface area (Å²) in [6.45, 7) is 2.05. The summed E-state index contributed by atoms with van der Waals surface area (Å²) in [5.41, 5.74) is 0.640. The Bertz CT molecular complexity index is 635. The van der Waals surface area contributed by atoms with Crippen LogP contribution in [0.15, 0.2) is 41.6 Å². The van der Waals surface area contributed by atoms with Crippen LogP contribution in [0.4, 0.5) is 0 Å². The summed E-state index contributed by atoms with van der Waals surface area (Å²) in [6.07, 6.45) is 1.44. The maximum atomic E-state index is 12.0. The number of nitrogens with one attached hydrogen (secondary N) is 1. The van der Waals surface area contributed by atoms with Crippen LogP contribution >= 0.6 is 11.6 Å². The molecule has 7 heteroatoms. The van der Waals surface area contributed by atoms with E-state index in [9.17, 15) is 8.42 Å². The van der Waals surface area contributed by atoms with Crippen molar-refractivity contribution in [2.24, 2.45) is 0 Å². The van der Waals surface area contributed by atoms with Crippen molar-refractivity contribution < 1.29 is 8.42 Å². The van der Waals surface area contributed by atoms with Crippen molar-refractivity contribution in [1.29, 1.82) is 0 Å². The highest BCUT2D eigenvalue weighted by Crippen LogP contribution is 2.17. The molecule has 0 atom stereocenters. The Morgan fingerprint density at radius 3 is 2.56 bits per heavy atom. The summed E-state index contributed by atoms with van der Waals surface area (Å²) in [6, 6.07) is 8.23. The third-order valence-electron chi connectivity index (χ3n) is 2.29. The van der Waals surface area contributed by atoms with Crippen molar-refractivity contribution in [3.63, 3.8) is 0 Å². The average molecular weight is 286 g/mol. The van der Waals surface area contributed by atoms with Crippen LogP contribution in [0.25, 0.3) is 5.69 Å². The second-order valence-electron chi connectivity index (χ2n) is 3.56. The largest absolute Gasteiger partial charge is 0.258 e. The van der Waals surface area contributed by atoms with Crippen molar-refractivity contribution in [1.82, 2.24) is 14.5 Å². The lowest BCUT2D eigenvalue weighted by molar-refractivity contribution is 0.573. The van der Waals surface area contributed by atoms with Crippen LogP contribution in [0, 0.1) is 0 Å². The molecule has 0 amide bonds. The standard InChI is InChI=1S/C11H12ClN3O2S/c1-2-14-18(16,17)11-7-8-13-15(11)10-5-3-9(12)4-6-10/h3-8,14H,2H2,1H3. The van der Waals surface area contributed by atoms with Crippen LogP contribution in [0.1, 0.15) is 6.92 Å². The van der Waals surface area contributed by atoms with E-state index in [1.807, 2.05) is 0 Å². The highest BCUT2D eigenvalue weighted by atomic mass is 35.5. The number of nitrogens with zero attached hydrogens (tertiary/aromatic N) is 2. The van der Waals surface area contributed by atoms with Crippen LogP contribution < -0.4 is 4.72 Å². The van der Waals surface area contributed by atoms with Gasteiger partial charge < -0.3 is 0 Å². The molecule has 1 N–H and O–H groups in total. The summed E-state index contributed by atoms with van der Waals surface area (Å²) < 4.78 is 27.7. The minimum Gasteiger partial charge on any atom is -0.221 e. The Labute approximate surface area is 110 Å². The minimum atomic E-state index is -3.54. The zero-order chi connectivity index (χ0) is 13.2. The summed E-state index contributed by atoms with van der Waals surface area (Å²) in [7, 11) is -3.54. The van der Waals surface area contributed by atoms with E-state index >= 15 is 0 Å². The Balaban J connectivity index is 2.48. The van der Waals surface area contributed by atoms with Crippen LogP contribution in [-0.2, 0) is 10.0 Å². The smallest absolute Gasteiger partial charge is 0.221 e. The van der Waals surface area contributed by atoms with Gasteiger partial charge in [0.2, 0.25) is 0 Å². The molecule has 1 aromatic heterocycles. The van der Waals surface area contributed by atoms with Gasteiger partial charge in [0.1, 0.15) is 0 Å². The number of sulfonamides is 1. The second kappa shape index (κ2) is 5.09. The number of hydrogen-bond acceptors (Lipinski definition) is 3. The lowest BCUT2D eigenvalue weighted by Crippen LogP contribution is -2.25. The summed E-state index contributed by atoms with van der Waals surface area (Å²) >= 11 is 5.79. The van der Waals surface area contributed by atoms with E-state index in [0.717, 1.165) is 0 Å². The van der Waals surface area contributed by atoms with Gasteiger partial charge in [0.05, 0.1) is 11.9 Å². The van der Waals surface area contributed by atoms with Gasteiger partial charge in [-0.2, -0.15) is 5.10 Å². The Hall–Kier alpha value is -1.37. The summed E-state index contributed by atoms with van der Waals surface area (Å²) in [5, 5.41) is 4.71. The predicted molar refractivity (Wildman–Crippen MR) is 69.4 cm³/mol. The van der Waals surface area contributed by atoms with Crippen LogP contribution in [0.5, 0.6) is 0 Å². The van der Waals surface area contributed by atoms with Crippen LogP contribution in [-0.4, -0.2) is 24.7 Å². The van der Waals surface area contributed by atoms with Gasteiger partial charge in [-0.25, -0.2) is 17.8 Å². The molecule has 0 saturated carbocycles. The molecule has 1 heterocycles. The van der Waals surface area contributed by atoms with E-state index in [1.54, 1.807) is 31.2 Å². The molecule has 18 heavy (non-hydrogen) atoms. The fourth-order valence-corrected chi connectivity index (χ4v) is 2.81. The Morgan fingerprint density at radius 2 is 1.94 bits per heavy atom. The van der Waals surface area contributed by atoms with E-state index in [4.69, 9.17) is 11.6 Å². The molecule has 0 bridgehead atoms. The highest BCUT2D eigenvalue weighted by molar-refractivity contribution is 7.89. The lowest BCUT2D eigenvalue weighted by atomic mass is 10.3. The van der Waals surface area contributed by atoms with Gasteiger partial charge in [-0.15, -0.1) is 0 Å². The predicted octanol–water partition coefficient (Wildman–Crippen LogP) is 1.82. The van der Waals surface area contributed by atoms with Gasteiger partial charge in [-0.05, 0) is 30.3 Å². The molecule has 0 saturated heterocycles. The van der Waals surface area contributed by atoms with Crippen LogP contribution in [0.2, 0.25) is 5.02 Å². The molecule has 0 aliphatic carbocycles. The zero-order valence-corrected chi connectivity index (χ0v) is 11.2. The van der Waals surface area contributed by atoms with Crippen molar-refractivity contribution >= 4 is 21.6 Å². The molecule has 2 aromatic rings. The second-order valence-corrected chi connectivity index (χ2v) is 5.71. The SMILES string of the molecule is CCNS(=O)(=O)c1ccnn1-c1ccc(Cl)cc1. The maximum Gasteiger partial charge on any atom is 0.258 e. The van der Waals surface area contributed by atoms with E-state index in [1.165, 1.54) is 16.9 Å². The number of aromatic nitrogens is 2. The monoisotopic (exact) mass is 285 g/mol. The van der Waals surface area contributed by atoms with Crippen molar-refractivity contribution in [2.45, 2.75) is 11.9 Å². The first-order chi connectivity index (χ1) is 8.54. The van der Waals surface area contributed by atoms with E-state index in [2.05, 4.69) is 9.82 Å². The average Bonchev–Trinajstić information content (AvgIpc) is 2.79. The fraction of sp³-hybridized carbons (Fsp3) is 0.182. The molecule has 5 nitrogen and oxygen atoms in total. The van der Waals surface area contributed by atoms with Gasteiger partial charge in [0.25, 0.3) is 10.0 Å². The van der Waals surface area contributed by atoms with Crippen molar-refractivity contribution in [3.05, 3.63) is 41.6 Å². The van der Waals surface area contributed by atoms with Gasteiger partial charge in [-0.3, -0.25) is 0 Å². The summed E-state index contributed by atoms with van der Waals surface area (Å²) in [4.78, 5) is 0. The normalized spacial score (nSPS) is 11.7. The Morgan fingerprint density at radius 1 is 1.28 bits per heavy atom. The molecule has 0 aliphatic rings. The van der Waals surface area contributed by atoms with E-state index < -0.39 is 10.0 Å². The molecular formula is C11H12ClN3O2S. The minimum absolute atomic E-state index is 0.103. The third-order valence-corrected chi connectivity index (χ3v) is 4.07. The molecule has 1 aromatic carbocycles. The number of halogens is 1. The molecule has 0 radical (unpaired) electrons. The number of benzene rings is 1. The summed E-state index contributed by atoms with van der Waals surface area (Å²) in [5.74, 6) is 0. The first kappa shape index (κ1) is 13.1. The number of hydrogen-bond donors (Lipinski definition) is 1. The Kier molecular flexibility index (Phi) is 3.70. The maximum absolute atomic E-state index is 12.0. The first-order valence-corrected chi connectivity index (χ1v) is 7.20. The molecule has 0 fully saturated rings. The molecule has 96 valence electrons. The van der Waals surface area contributed by atoms with E-state index in [-0.39, 0.29) is 5.03 Å². The first-order valence-electron chi connectivity index (χ1n) is 5.34. The van der Waals surface area contributed by atoms with Gasteiger partial charge in [0.15, 0.2) is 5.03 Å². The van der Waals surface area contributed by atoms with Crippen LogP contribution in [0.3, 0.4) is 0 Å². The molecule has 0 spiro atoms. The van der Waals surface area contributed by atoms with Gasteiger partial charge >= 0.3 is 0 Å². The number of rotatable bonds is 4. The third kappa shape index (κ3) is 2.55. The highest BCUT2D eigenvalue weighted by Gasteiger charge is 2.19. The molecule has 2 rings (SSSR count). The van der Waals surface area contributed by atoms with Gasteiger partial charge in [-0.1, -0.05) is 18.5 Å². The van der Waals surface area contributed by atoms with Crippen molar-refractivity contribution in [2.75, 3.05) is 6.54 Å². The molecule has 0 aliphatic heterocycles.